The molecule has 0 aliphatic carbocycles. The summed E-state index contributed by atoms with van der Waals surface area (Å²) in [5.41, 5.74) is 17.8. The fraction of sp³-hybridized carbons (Fsp3) is 0.333. The van der Waals surface area contributed by atoms with E-state index in [1.54, 1.807) is 0 Å². The number of nitrogen functional groups attached to an aromatic ring is 2. The summed E-state index contributed by atoms with van der Waals surface area (Å²) in [4.78, 5) is 0. The first-order valence-electron chi connectivity index (χ1n) is 7.76. The summed E-state index contributed by atoms with van der Waals surface area (Å²) in [6.45, 7) is 5.98. The van der Waals surface area contributed by atoms with E-state index in [1.165, 1.54) is 0 Å². The van der Waals surface area contributed by atoms with Crippen LogP contribution in [0.1, 0.15) is 24.0 Å². The number of hydrogen-bond acceptors (Lipinski definition) is 4. The Kier molecular flexibility index (Phi) is 5.53. The van der Waals surface area contributed by atoms with Gasteiger partial charge in [0.25, 0.3) is 0 Å². The van der Waals surface area contributed by atoms with Gasteiger partial charge in [-0.15, -0.1) is 0 Å². The van der Waals surface area contributed by atoms with Gasteiger partial charge in [0.1, 0.15) is 0 Å². The van der Waals surface area contributed by atoms with Crippen molar-refractivity contribution in [1.29, 1.82) is 0 Å². The van der Waals surface area contributed by atoms with Gasteiger partial charge in [0.2, 0.25) is 0 Å². The molecule has 2 aromatic rings. The number of unbranched alkanes of at least 4 members (excludes halogenated alkanes) is 1. The molecule has 2 rings (SSSR count). The molecule has 0 aliphatic rings. The van der Waals surface area contributed by atoms with Crippen LogP contribution in [-0.4, -0.2) is 13.1 Å². The van der Waals surface area contributed by atoms with Crippen molar-refractivity contribution < 1.29 is 0 Å². The van der Waals surface area contributed by atoms with Crippen LogP contribution >= 0.6 is 0 Å². The summed E-state index contributed by atoms with van der Waals surface area (Å²) in [7, 11) is 0. The molecule has 0 fully saturated rings. The van der Waals surface area contributed by atoms with E-state index in [0.717, 1.165) is 59.8 Å². The van der Waals surface area contributed by atoms with Gasteiger partial charge in [0.15, 0.2) is 0 Å². The topological polar surface area (TPSA) is 76.1 Å². The molecule has 0 saturated heterocycles. The lowest BCUT2D eigenvalue weighted by Gasteiger charge is -2.10. The Morgan fingerprint density at radius 3 is 1.50 bits per heavy atom. The molecule has 0 heterocycles. The molecule has 6 N–H and O–H groups in total. The number of anilines is 4. The highest BCUT2D eigenvalue weighted by molar-refractivity contribution is 5.57. The van der Waals surface area contributed by atoms with Crippen LogP contribution in [0.3, 0.4) is 0 Å². The van der Waals surface area contributed by atoms with E-state index < -0.39 is 0 Å². The van der Waals surface area contributed by atoms with E-state index in [0.29, 0.717) is 0 Å². The molecule has 0 spiro atoms. The minimum absolute atomic E-state index is 0.841. The summed E-state index contributed by atoms with van der Waals surface area (Å²) >= 11 is 0. The van der Waals surface area contributed by atoms with E-state index in [9.17, 15) is 0 Å². The second kappa shape index (κ2) is 7.59. The van der Waals surface area contributed by atoms with E-state index in [1.807, 2.05) is 38.1 Å². The van der Waals surface area contributed by atoms with Crippen LogP contribution in [0.4, 0.5) is 22.7 Å². The first kappa shape index (κ1) is 16.0. The van der Waals surface area contributed by atoms with Crippen LogP contribution in [0, 0.1) is 13.8 Å². The summed E-state index contributed by atoms with van der Waals surface area (Å²) in [5, 5.41) is 6.86. The third-order valence-electron chi connectivity index (χ3n) is 3.80. The van der Waals surface area contributed by atoms with Crippen LogP contribution in [0.5, 0.6) is 0 Å². The second-order valence-electron chi connectivity index (χ2n) is 5.70. The Labute approximate surface area is 132 Å². The fourth-order valence-corrected chi connectivity index (χ4v) is 2.29. The van der Waals surface area contributed by atoms with Crippen molar-refractivity contribution in [1.82, 2.24) is 0 Å². The highest BCUT2D eigenvalue weighted by Crippen LogP contribution is 2.17. The molecule has 0 saturated carbocycles. The molecule has 4 nitrogen and oxygen atoms in total. The normalized spacial score (nSPS) is 10.5. The zero-order valence-corrected chi connectivity index (χ0v) is 13.4. The highest BCUT2D eigenvalue weighted by atomic mass is 14.9. The van der Waals surface area contributed by atoms with Gasteiger partial charge in [0.05, 0.1) is 0 Å². The van der Waals surface area contributed by atoms with E-state index in [-0.39, 0.29) is 0 Å². The second-order valence-corrected chi connectivity index (χ2v) is 5.70. The Morgan fingerprint density at radius 2 is 1.14 bits per heavy atom. The van der Waals surface area contributed by atoms with Gasteiger partial charge in [-0.2, -0.15) is 0 Å². The molecule has 0 aromatic heterocycles. The Morgan fingerprint density at radius 1 is 0.727 bits per heavy atom. The SMILES string of the molecule is Cc1cc(NCCCCNc2ccc(N)c(C)c2)ccc1N. The highest BCUT2D eigenvalue weighted by Gasteiger charge is 1.98. The minimum Gasteiger partial charge on any atom is -0.399 e. The van der Waals surface area contributed by atoms with Crippen LogP contribution in [0.15, 0.2) is 36.4 Å². The third kappa shape index (κ3) is 4.58. The van der Waals surface area contributed by atoms with Crippen molar-refractivity contribution in [3.63, 3.8) is 0 Å². The van der Waals surface area contributed by atoms with Gasteiger partial charge in [-0.1, -0.05) is 0 Å². The molecule has 0 radical (unpaired) electrons. The molecule has 0 unspecified atom stereocenters. The Bertz CT molecular complexity index is 567. The van der Waals surface area contributed by atoms with E-state index >= 15 is 0 Å². The average molecular weight is 298 g/mol. The number of hydrogen-bond donors (Lipinski definition) is 4. The first-order valence-corrected chi connectivity index (χ1v) is 7.76. The zero-order valence-electron chi connectivity index (χ0n) is 13.4. The lowest BCUT2D eigenvalue weighted by atomic mass is 10.1. The molecule has 118 valence electrons. The predicted octanol–water partition coefficient (Wildman–Crippen LogP) is 3.77. The number of nitrogens with two attached hydrogens (primary N) is 2. The van der Waals surface area contributed by atoms with Gasteiger partial charge < -0.3 is 22.1 Å². The van der Waals surface area contributed by atoms with Crippen LogP contribution in [0.2, 0.25) is 0 Å². The lowest BCUT2D eigenvalue weighted by molar-refractivity contribution is 0.796. The standard InChI is InChI=1S/C18H26N4/c1-13-11-15(5-7-17(13)19)21-9-3-4-10-22-16-6-8-18(20)14(2)12-16/h5-8,11-12,21-22H,3-4,9-10,19-20H2,1-2H3. The maximum Gasteiger partial charge on any atom is 0.0345 e. The maximum absolute atomic E-state index is 5.81. The monoisotopic (exact) mass is 298 g/mol. The average Bonchev–Trinajstić information content (AvgIpc) is 2.50. The van der Waals surface area contributed by atoms with Crippen LogP contribution < -0.4 is 22.1 Å². The van der Waals surface area contributed by atoms with Gasteiger partial charge in [0, 0.05) is 35.8 Å². The lowest BCUT2D eigenvalue weighted by Crippen LogP contribution is -2.07. The predicted molar refractivity (Wildman–Crippen MR) is 97.4 cm³/mol. The molecule has 2 aromatic carbocycles. The molecule has 4 heteroatoms. The van der Waals surface area contributed by atoms with Gasteiger partial charge in [-0.05, 0) is 74.2 Å². The van der Waals surface area contributed by atoms with Crippen molar-refractivity contribution in [2.45, 2.75) is 26.7 Å². The smallest absolute Gasteiger partial charge is 0.0345 e. The Balaban J connectivity index is 1.65. The number of aryl methyl sites for hydroxylation is 2. The quantitative estimate of drug-likeness (QED) is 0.463. The fourth-order valence-electron chi connectivity index (χ4n) is 2.29. The summed E-state index contributed by atoms with van der Waals surface area (Å²) in [5.74, 6) is 0. The molecule has 0 aliphatic heterocycles. The first-order chi connectivity index (χ1) is 10.6. The number of benzene rings is 2. The summed E-state index contributed by atoms with van der Waals surface area (Å²) in [6.07, 6.45) is 2.23. The summed E-state index contributed by atoms with van der Waals surface area (Å²) in [6, 6.07) is 12.1. The van der Waals surface area contributed by atoms with Crippen molar-refractivity contribution >= 4 is 22.7 Å². The van der Waals surface area contributed by atoms with Crippen molar-refractivity contribution in [2.75, 3.05) is 35.2 Å². The largest absolute Gasteiger partial charge is 0.399 e. The van der Waals surface area contributed by atoms with Gasteiger partial charge >= 0.3 is 0 Å². The molecular weight excluding hydrogens is 272 g/mol. The van der Waals surface area contributed by atoms with Crippen molar-refractivity contribution in [2.24, 2.45) is 0 Å². The molecule has 0 amide bonds. The molecule has 22 heavy (non-hydrogen) atoms. The number of rotatable bonds is 7. The maximum atomic E-state index is 5.81. The van der Waals surface area contributed by atoms with Crippen LogP contribution in [0.25, 0.3) is 0 Å². The minimum atomic E-state index is 0.841. The zero-order chi connectivity index (χ0) is 15.9. The van der Waals surface area contributed by atoms with Gasteiger partial charge in [-0.25, -0.2) is 0 Å². The molecule has 0 atom stereocenters. The summed E-state index contributed by atoms with van der Waals surface area (Å²) < 4.78 is 0. The number of nitrogens with one attached hydrogen (secondary N) is 2. The molecule has 0 bridgehead atoms. The molecular formula is C18H26N4. The van der Waals surface area contributed by atoms with Crippen LogP contribution in [-0.2, 0) is 0 Å². The Hall–Kier alpha value is -2.36. The van der Waals surface area contributed by atoms with Crippen molar-refractivity contribution in [3.05, 3.63) is 47.5 Å². The van der Waals surface area contributed by atoms with Crippen molar-refractivity contribution in [3.8, 4) is 0 Å². The van der Waals surface area contributed by atoms with E-state index in [2.05, 4.69) is 22.8 Å². The van der Waals surface area contributed by atoms with E-state index in [4.69, 9.17) is 11.5 Å². The van der Waals surface area contributed by atoms with Gasteiger partial charge in [-0.3, -0.25) is 0 Å². The third-order valence-corrected chi connectivity index (χ3v) is 3.80.